The summed E-state index contributed by atoms with van der Waals surface area (Å²) in [4.78, 5) is 54.5. The van der Waals surface area contributed by atoms with Crippen LogP contribution in [0.3, 0.4) is 0 Å². The zero-order valence-corrected chi connectivity index (χ0v) is 24.6. The molecule has 0 aromatic heterocycles. The zero-order chi connectivity index (χ0) is 29.8. The Morgan fingerprint density at radius 1 is 0.950 bits per heavy atom. The van der Waals surface area contributed by atoms with Gasteiger partial charge >= 0.3 is 6.09 Å². The van der Waals surface area contributed by atoms with Crippen LogP contribution in [0.2, 0.25) is 0 Å². The summed E-state index contributed by atoms with van der Waals surface area (Å²) in [7, 11) is 0. The smallest absolute Gasteiger partial charge is 0.408 e. The van der Waals surface area contributed by atoms with E-state index in [0.717, 1.165) is 40.7 Å². The molecule has 9 nitrogen and oxygen atoms in total. The number of anilines is 1. The average molecular weight is 551 g/mol. The minimum Gasteiger partial charge on any atom is -0.444 e. The van der Waals surface area contributed by atoms with Crippen molar-refractivity contribution in [3.8, 4) is 0 Å². The van der Waals surface area contributed by atoms with Crippen LogP contribution < -0.4 is 16.4 Å². The van der Waals surface area contributed by atoms with Crippen molar-refractivity contribution >= 4 is 29.5 Å². The maximum absolute atomic E-state index is 14.3. The highest BCUT2D eigenvalue weighted by Gasteiger charge is 2.45. The van der Waals surface area contributed by atoms with Gasteiger partial charge in [0.25, 0.3) is 5.91 Å². The Balaban J connectivity index is 2.08. The lowest BCUT2D eigenvalue weighted by Gasteiger charge is -2.36. The molecular formula is C31H42N4O5. The summed E-state index contributed by atoms with van der Waals surface area (Å²) >= 11 is 0. The lowest BCUT2D eigenvalue weighted by atomic mass is 9.93. The van der Waals surface area contributed by atoms with Gasteiger partial charge in [-0.05, 0) is 95.5 Å². The minimum atomic E-state index is -1.11. The predicted octanol–water partition coefficient (Wildman–Crippen LogP) is 4.75. The summed E-state index contributed by atoms with van der Waals surface area (Å²) in [5.74, 6) is -1.40. The lowest BCUT2D eigenvalue weighted by molar-refractivity contribution is -0.141. The van der Waals surface area contributed by atoms with E-state index in [9.17, 15) is 19.2 Å². The Bertz CT molecular complexity index is 1240. The van der Waals surface area contributed by atoms with Crippen molar-refractivity contribution < 1.29 is 23.9 Å². The fourth-order valence-electron chi connectivity index (χ4n) is 4.90. The molecule has 2 aromatic carbocycles. The van der Waals surface area contributed by atoms with Crippen molar-refractivity contribution in [2.45, 2.75) is 97.9 Å². The molecule has 1 fully saturated rings. The number of alkyl carbamates (subject to hydrolysis) is 1. The standard InChI is InChI=1S/C31H42N4O5/c1-18-10-8-11-19(2)25(18)27(28(37)34-26-20(3)12-9-13-21(26)4)35(22-14-15-22)29(38)23(16-17-24(32)36)33-30(39)40-31(5,6)7/h8-13,22-23,27H,14-17H2,1-7H3,(H2,32,36)(H,33,39)(H,34,37). The molecule has 3 rings (SSSR count). The highest BCUT2D eigenvalue weighted by molar-refractivity contribution is 6.00. The van der Waals surface area contributed by atoms with Crippen LogP contribution in [0.15, 0.2) is 36.4 Å². The first kappa shape index (κ1) is 30.7. The number of carbonyl (C=O) groups is 4. The quantitative estimate of drug-likeness (QED) is 0.393. The van der Waals surface area contributed by atoms with Gasteiger partial charge in [-0.3, -0.25) is 14.4 Å². The largest absolute Gasteiger partial charge is 0.444 e. The lowest BCUT2D eigenvalue weighted by Crippen LogP contribution is -2.53. The van der Waals surface area contributed by atoms with Crippen molar-refractivity contribution in [1.29, 1.82) is 0 Å². The van der Waals surface area contributed by atoms with Gasteiger partial charge in [-0.15, -0.1) is 0 Å². The Kier molecular flexibility index (Phi) is 9.60. The molecule has 0 heterocycles. The fourth-order valence-corrected chi connectivity index (χ4v) is 4.90. The number of benzene rings is 2. The zero-order valence-electron chi connectivity index (χ0n) is 24.6. The number of aryl methyl sites for hydroxylation is 4. The number of nitrogens with zero attached hydrogens (tertiary/aromatic N) is 1. The molecule has 216 valence electrons. The molecule has 40 heavy (non-hydrogen) atoms. The van der Waals surface area contributed by atoms with Gasteiger partial charge in [-0.2, -0.15) is 0 Å². The van der Waals surface area contributed by atoms with Gasteiger partial charge in [0.2, 0.25) is 11.8 Å². The van der Waals surface area contributed by atoms with Gasteiger partial charge < -0.3 is 26.0 Å². The van der Waals surface area contributed by atoms with Crippen LogP contribution in [0.4, 0.5) is 10.5 Å². The molecule has 1 aliphatic rings. The number of primary amides is 1. The third kappa shape index (κ3) is 7.83. The Labute approximate surface area is 236 Å². The second kappa shape index (κ2) is 12.5. The third-order valence-electron chi connectivity index (χ3n) is 6.93. The van der Waals surface area contributed by atoms with Crippen LogP contribution in [-0.2, 0) is 19.1 Å². The van der Waals surface area contributed by atoms with Gasteiger partial charge in [0.05, 0.1) is 0 Å². The molecule has 9 heteroatoms. The van der Waals surface area contributed by atoms with Crippen LogP contribution >= 0.6 is 0 Å². The van der Waals surface area contributed by atoms with E-state index >= 15 is 0 Å². The van der Waals surface area contributed by atoms with Crippen molar-refractivity contribution in [3.63, 3.8) is 0 Å². The van der Waals surface area contributed by atoms with Crippen LogP contribution in [0, 0.1) is 27.7 Å². The van der Waals surface area contributed by atoms with Crippen LogP contribution in [-0.4, -0.2) is 46.4 Å². The number of nitrogens with one attached hydrogen (secondary N) is 2. The molecule has 1 aliphatic carbocycles. The number of rotatable bonds is 10. The van der Waals surface area contributed by atoms with E-state index in [1.807, 2.05) is 64.1 Å². The molecule has 0 spiro atoms. The highest BCUT2D eigenvalue weighted by Crippen LogP contribution is 2.39. The predicted molar refractivity (Wildman–Crippen MR) is 155 cm³/mol. The number of ether oxygens (including phenoxy) is 1. The van der Waals surface area contributed by atoms with Crippen molar-refractivity contribution in [1.82, 2.24) is 10.2 Å². The molecule has 1 saturated carbocycles. The van der Waals surface area contributed by atoms with Crippen molar-refractivity contribution in [2.75, 3.05) is 5.32 Å². The fraction of sp³-hybridized carbons (Fsp3) is 0.484. The van der Waals surface area contributed by atoms with Crippen LogP contribution in [0.25, 0.3) is 0 Å². The van der Waals surface area contributed by atoms with Gasteiger partial charge in [0.15, 0.2) is 0 Å². The van der Waals surface area contributed by atoms with Crippen molar-refractivity contribution in [3.05, 3.63) is 64.2 Å². The number of amides is 4. The normalized spacial score (nSPS) is 14.6. The van der Waals surface area contributed by atoms with E-state index in [2.05, 4.69) is 10.6 Å². The van der Waals surface area contributed by atoms with Crippen LogP contribution in [0.1, 0.15) is 80.3 Å². The van der Waals surface area contributed by atoms with Gasteiger partial charge in [0.1, 0.15) is 17.7 Å². The Hall–Kier alpha value is -3.88. The maximum Gasteiger partial charge on any atom is 0.408 e. The third-order valence-corrected chi connectivity index (χ3v) is 6.93. The number of hydrogen-bond donors (Lipinski definition) is 3. The van der Waals surface area contributed by atoms with E-state index in [0.29, 0.717) is 5.69 Å². The molecule has 0 aliphatic heterocycles. The first-order valence-electron chi connectivity index (χ1n) is 13.7. The molecule has 2 aromatic rings. The molecule has 4 amide bonds. The maximum atomic E-state index is 14.3. The summed E-state index contributed by atoms with van der Waals surface area (Å²) < 4.78 is 5.40. The second-order valence-corrected chi connectivity index (χ2v) is 11.6. The van der Waals surface area contributed by atoms with E-state index in [1.165, 1.54) is 0 Å². The number of nitrogens with two attached hydrogens (primary N) is 1. The summed E-state index contributed by atoms with van der Waals surface area (Å²) in [6.07, 6.45) is 0.522. The van der Waals surface area contributed by atoms with Gasteiger partial charge in [-0.25, -0.2) is 4.79 Å². The van der Waals surface area contributed by atoms with Gasteiger partial charge in [0, 0.05) is 18.2 Å². The SMILES string of the molecule is Cc1cccc(C)c1NC(=O)C(c1c(C)cccc1C)N(C(=O)C(CCC(N)=O)NC(=O)OC(C)(C)C)C1CC1. The molecule has 0 bridgehead atoms. The first-order valence-corrected chi connectivity index (χ1v) is 13.7. The molecule has 2 atom stereocenters. The summed E-state index contributed by atoms with van der Waals surface area (Å²) in [6, 6.07) is 9.25. The monoisotopic (exact) mass is 550 g/mol. The Morgan fingerprint density at radius 3 is 1.95 bits per heavy atom. The van der Waals surface area contributed by atoms with Crippen LogP contribution in [0.5, 0.6) is 0 Å². The molecular weight excluding hydrogens is 508 g/mol. The molecule has 0 saturated heterocycles. The number of hydrogen-bond acceptors (Lipinski definition) is 5. The molecule has 4 N–H and O–H groups in total. The average Bonchev–Trinajstić information content (AvgIpc) is 3.67. The van der Waals surface area contributed by atoms with E-state index < -0.39 is 35.6 Å². The van der Waals surface area contributed by atoms with E-state index in [1.54, 1.807) is 25.7 Å². The summed E-state index contributed by atoms with van der Waals surface area (Å²) in [5, 5.41) is 5.73. The van der Waals surface area contributed by atoms with E-state index in [-0.39, 0.29) is 24.8 Å². The summed E-state index contributed by atoms with van der Waals surface area (Å²) in [5.41, 5.74) is 9.60. The Morgan fingerprint density at radius 2 is 1.48 bits per heavy atom. The first-order chi connectivity index (χ1) is 18.7. The topological polar surface area (TPSA) is 131 Å². The highest BCUT2D eigenvalue weighted by atomic mass is 16.6. The van der Waals surface area contributed by atoms with Gasteiger partial charge in [-0.1, -0.05) is 36.4 Å². The van der Waals surface area contributed by atoms with E-state index in [4.69, 9.17) is 10.5 Å². The molecule has 0 radical (unpaired) electrons. The number of carbonyl (C=O) groups excluding carboxylic acids is 4. The van der Waals surface area contributed by atoms with Crippen molar-refractivity contribution in [2.24, 2.45) is 5.73 Å². The second-order valence-electron chi connectivity index (χ2n) is 11.6. The summed E-state index contributed by atoms with van der Waals surface area (Å²) in [6.45, 7) is 12.8. The minimum absolute atomic E-state index is 0.0192. The number of para-hydroxylation sites is 1. The molecule has 2 unspecified atom stereocenters.